The van der Waals surface area contributed by atoms with Crippen molar-refractivity contribution >= 4 is 12.7 Å². The number of aromatic carboxylic acids is 1. The molecular weight excluding hydrogens is 243 g/mol. The van der Waals surface area contributed by atoms with Gasteiger partial charge in [-0.2, -0.15) is 0 Å². The zero-order valence-electron chi connectivity index (χ0n) is 9.62. The maximum absolute atomic E-state index is 11.2. The number of ether oxygens (including phenoxy) is 2. The van der Waals surface area contributed by atoms with Gasteiger partial charge < -0.3 is 29.3 Å². The fourth-order valence-corrected chi connectivity index (χ4v) is 1.77. The molecule has 0 amide bonds. The molecule has 0 bridgehead atoms. The SMILES string of the molecule is COCc1ccc2c(c1C(=O)O)O[B-](O)(O)CO2. The summed E-state index contributed by atoms with van der Waals surface area (Å²) in [6.45, 7) is -3.56. The molecule has 0 aromatic heterocycles. The van der Waals surface area contributed by atoms with Crippen LogP contribution in [0.15, 0.2) is 12.1 Å². The van der Waals surface area contributed by atoms with Crippen molar-refractivity contribution in [2.75, 3.05) is 13.6 Å². The van der Waals surface area contributed by atoms with Crippen molar-refractivity contribution in [3.63, 3.8) is 0 Å². The molecule has 0 fully saturated rings. The van der Waals surface area contributed by atoms with Crippen molar-refractivity contribution in [3.05, 3.63) is 23.3 Å². The summed E-state index contributed by atoms with van der Waals surface area (Å²) < 4.78 is 14.9. The van der Waals surface area contributed by atoms with Crippen molar-refractivity contribution in [1.29, 1.82) is 0 Å². The number of hydrogen-bond donors (Lipinski definition) is 3. The van der Waals surface area contributed by atoms with Gasteiger partial charge in [0.15, 0.2) is 5.75 Å². The average Bonchev–Trinajstić information content (AvgIpc) is 2.27. The van der Waals surface area contributed by atoms with Gasteiger partial charge in [0.1, 0.15) is 11.3 Å². The van der Waals surface area contributed by atoms with E-state index in [1.807, 2.05) is 0 Å². The van der Waals surface area contributed by atoms with Gasteiger partial charge in [-0.1, -0.05) is 6.07 Å². The van der Waals surface area contributed by atoms with E-state index in [-0.39, 0.29) is 23.7 Å². The Balaban J connectivity index is 2.54. The van der Waals surface area contributed by atoms with Gasteiger partial charge in [-0.15, -0.1) is 0 Å². The maximum Gasteiger partial charge on any atom is 0.467 e. The summed E-state index contributed by atoms with van der Waals surface area (Å²) in [5.74, 6) is -1.28. The van der Waals surface area contributed by atoms with Crippen LogP contribution in [0.25, 0.3) is 0 Å². The lowest BCUT2D eigenvalue weighted by Crippen LogP contribution is -2.51. The standard InChI is InChI=1S/C10H12BO7/c1-16-4-6-2-3-7-9(8(6)10(12)13)18-11(14,15)5-17-7/h2-3,14-15H,4-5H2,1H3,(H,12,13)/q-1. The zero-order valence-corrected chi connectivity index (χ0v) is 9.62. The van der Waals surface area contributed by atoms with Gasteiger partial charge >= 0.3 is 12.7 Å². The Bertz CT molecular complexity index is 485. The van der Waals surface area contributed by atoms with Gasteiger partial charge in [-0.05, 0) is 11.6 Å². The molecule has 0 aliphatic carbocycles. The zero-order chi connectivity index (χ0) is 13.3. The van der Waals surface area contributed by atoms with Gasteiger partial charge in [0.25, 0.3) is 0 Å². The summed E-state index contributed by atoms with van der Waals surface area (Å²) in [4.78, 5) is 11.2. The van der Waals surface area contributed by atoms with Gasteiger partial charge in [0.05, 0.1) is 13.1 Å². The van der Waals surface area contributed by atoms with Crippen LogP contribution in [-0.4, -0.2) is 41.5 Å². The van der Waals surface area contributed by atoms with E-state index in [9.17, 15) is 19.9 Å². The van der Waals surface area contributed by atoms with Crippen LogP contribution in [0.1, 0.15) is 15.9 Å². The van der Waals surface area contributed by atoms with Gasteiger partial charge in [-0.25, -0.2) is 4.79 Å². The number of carboxylic acids is 1. The van der Waals surface area contributed by atoms with Crippen LogP contribution in [0, 0.1) is 0 Å². The third-order valence-corrected chi connectivity index (χ3v) is 2.48. The molecule has 0 atom stereocenters. The van der Waals surface area contributed by atoms with Crippen molar-refractivity contribution in [3.8, 4) is 11.5 Å². The molecule has 1 aromatic carbocycles. The lowest BCUT2D eigenvalue weighted by Gasteiger charge is -2.37. The van der Waals surface area contributed by atoms with E-state index in [2.05, 4.69) is 0 Å². The number of fused-ring (bicyclic) bond motifs is 1. The molecule has 1 aromatic rings. The fourth-order valence-electron chi connectivity index (χ4n) is 1.77. The molecule has 0 saturated heterocycles. The third kappa shape index (κ3) is 2.26. The number of benzene rings is 1. The molecule has 0 saturated carbocycles. The van der Waals surface area contributed by atoms with E-state index >= 15 is 0 Å². The molecular formula is C10H12BO7-. The summed E-state index contributed by atoms with van der Waals surface area (Å²) in [5.41, 5.74) is 0.171. The third-order valence-electron chi connectivity index (χ3n) is 2.48. The molecule has 7 nitrogen and oxygen atoms in total. The molecule has 1 aliphatic rings. The second kappa shape index (κ2) is 4.49. The van der Waals surface area contributed by atoms with Crippen molar-refractivity contribution in [2.24, 2.45) is 0 Å². The highest BCUT2D eigenvalue weighted by atomic mass is 16.7. The Hall–Kier alpha value is -1.77. The first-order valence-electron chi connectivity index (χ1n) is 5.25. The van der Waals surface area contributed by atoms with Crippen LogP contribution in [0.2, 0.25) is 0 Å². The second-order valence-corrected chi connectivity index (χ2v) is 3.95. The Labute approximate surface area is 103 Å². The maximum atomic E-state index is 11.2. The number of hydrogen-bond acceptors (Lipinski definition) is 6. The van der Waals surface area contributed by atoms with E-state index in [1.54, 1.807) is 0 Å². The molecule has 0 radical (unpaired) electrons. The van der Waals surface area contributed by atoms with Gasteiger partial charge in [-0.3, -0.25) is 0 Å². The predicted molar refractivity (Wildman–Crippen MR) is 60.4 cm³/mol. The number of rotatable bonds is 3. The smallest absolute Gasteiger partial charge is 0.467 e. The summed E-state index contributed by atoms with van der Waals surface area (Å²) in [6.07, 6.45) is 0. The minimum Gasteiger partial charge on any atom is -0.665 e. The molecule has 18 heavy (non-hydrogen) atoms. The molecule has 3 N–H and O–H groups in total. The van der Waals surface area contributed by atoms with Crippen LogP contribution in [-0.2, 0) is 11.3 Å². The molecule has 98 valence electrons. The highest BCUT2D eigenvalue weighted by molar-refractivity contribution is 6.58. The Morgan fingerprint density at radius 1 is 1.50 bits per heavy atom. The van der Waals surface area contributed by atoms with Crippen LogP contribution in [0.5, 0.6) is 11.5 Å². The van der Waals surface area contributed by atoms with Crippen LogP contribution < -0.4 is 9.39 Å². The molecule has 0 unspecified atom stereocenters. The molecule has 8 heteroatoms. The van der Waals surface area contributed by atoms with E-state index in [1.165, 1.54) is 19.2 Å². The molecule has 2 rings (SSSR count). The monoisotopic (exact) mass is 255 g/mol. The lowest BCUT2D eigenvalue weighted by molar-refractivity contribution is 0.0685. The normalized spacial score (nSPS) is 16.4. The Kier molecular flexibility index (Phi) is 3.16. The first-order chi connectivity index (χ1) is 8.44. The van der Waals surface area contributed by atoms with E-state index in [0.717, 1.165) is 0 Å². The summed E-state index contributed by atoms with van der Waals surface area (Å²) in [5, 5.41) is 28.0. The first kappa shape index (κ1) is 12.7. The minimum atomic E-state index is -3.19. The number of methoxy groups -OCH3 is 1. The summed E-state index contributed by atoms with van der Waals surface area (Å²) in [7, 11) is 1.43. The Morgan fingerprint density at radius 3 is 2.83 bits per heavy atom. The van der Waals surface area contributed by atoms with Crippen molar-refractivity contribution < 1.29 is 34.1 Å². The highest BCUT2D eigenvalue weighted by Crippen LogP contribution is 2.38. The van der Waals surface area contributed by atoms with Gasteiger partial charge in [0, 0.05) is 7.11 Å². The molecule has 1 heterocycles. The van der Waals surface area contributed by atoms with E-state index in [4.69, 9.17) is 14.1 Å². The number of carbonyl (C=O) groups is 1. The largest absolute Gasteiger partial charge is 0.665 e. The second-order valence-electron chi connectivity index (χ2n) is 3.95. The number of carboxylic acid groups (broad SMARTS) is 1. The summed E-state index contributed by atoms with van der Waals surface area (Å²) >= 11 is 0. The predicted octanol–water partition coefficient (Wildman–Crippen LogP) is -0.235. The average molecular weight is 255 g/mol. The van der Waals surface area contributed by atoms with Crippen molar-refractivity contribution in [1.82, 2.24) is 0 Å². The van der Waals surface area contributed by atoms with E-state index in [0.29, 0.717) is 5.56 Å². The lowest BCUT2D eigenvalue weighted by atomic mass is 9.80. The van der Waals surface area contributed by atoms with Crippen molar-refractivity contribution in [2.45, 2.75) is 6.61 Å². The highest BCUT2D eigenvalue weighted by Gasteiger charge is 2.33. The quantitative estimate of drug-likeness (QED) is 0.640. The fraction of sp³-hybridized carbons (Fsp3) is 0.300. The first-order valence-corrected chi connectivity index (χ1v) is 5.25. The summed E-state index contributed by atoms with van der Waals surface area (Å²) in [6, 6.07) is 3.03. The van der Waals surface area contributed by atoms with Crippen LogP contribution >= 0.6 is 0 Å². The topological polar surface area (TPSA) is 105 Å². The Morgan fingerprint density at radius 2 is 2.22 bits per heavy atom. The minimum absolute atomic E-state index is 0.0646. The molecule has 0 spiro atoms. The van der Waals surface area contributed by atoms with E-state index < -0.39 is 19.2 Å². The van der Waals surface area contributed by atoms with Crippen LogP contribution in [0.3, 0.4) is 0 Å². The van der Waals surface area contributed by atoms with Gasteiger partial charge in [0.2, 0.25) is 0 Å². The molecule has 1 aliphatic heterocycles. The van der Waals surface area contributed by atoms with Crippen LogP contribution in [0.4, 0.5) is 0 Å².